The molecule has 2 atom stereocenters. The predicted octanol–water partition coefficient (Wildman–Crippen LogP) is 8.29. The number of nitrogens with one attached hydrogen (secondary N) is 1. The number of rotatable bonds is 7. The Bertz CT molecular complexity index is 1390. The molecular weight excluding hydrogens is 492 g/mol. The summed E-state index contributed by atoms with van der Waals surface area (Å²) in [6, 6.07) is 11.4. The van der Waals surface area contributed by atoms with Gasteiger partial charge in [0.25, 0.3) is 5.69 Å². The fourth-order valence-electron chi connectivity index (χ4n) is 4.76. The topological polar surface area (TPSA) is 90.2 Å². The molecule has 0 saturated carbocycles. The monoisotopic (exact) mass is 532 g/mol. The highest BCUT2D eigenvalue weighted by Gasteiger charge is 2.39. The Hall–Kier alpha value is -3.10. The molecule has 0 fully saturated rings. The first kappa shape index (κ1) is 27.9. The third-order valence-corrected chi connectivity index (χ3v) is 12.5. The maximum atomic E-state index is 11.4. The number of anilines is 1. The van der Waals surface area contributed by atoms with Gasteiger partial charge in [-0.1, -0.05) is 39.0 Å². The lowest BCUT2D eigenvalue weighted by atomic mass is 9.91. The number of nitro groups is 1. The molecule has 1 N–H and O–H groups in total. The zero-order chi connectivity index (χ0) is 27.8. The molecular formula is C30H40N4O3Si. The van der Waals surface area contributed by atoms with Crippen LogP contribution in [0.25, 0.3) is 16.5 Å². The number of aryl methyl sites for hydroxylation is 2. The summed E-state index contributed by atoms with van der Waals surface area (Å²) < 4.78 is 6.67. The summed E-state index contributed by atoms with van der Waals surface area (Å²) in [6.45, 7) is 17.3. The fourth-order valence-corrected chi connectivity index (χ4v) is 6.16. The Balaban J connectivity index is 1.60. The highest BCUT2D eigenvalue weighted by Crippen LogP contribution is 2.40. The van der Waals surface area contributed by atoms with E-state index >= 15 is 0 Å². The van der Waals surface area contributed by atoms with Crippen LogP contribution in [0, 0.1) is 24.0 Å². The van der Waals surface area contributed by atoms with E-state index in [1.165, 1.54) is 11.1 Å². The summed E-state index contributed by atoms with van der Waals surface area (Å²) in [6.07, 6.45) is 5.54. The summed E-state index contributed by atoms with van der Waals surface area (Å²) in [5, 5.41) is 16.0. The Labute approximate surface area is 227 Å². The smallest absolute Gasteiger partial charge is 0.270 e. The molecule has 8 heteroatoms. The van der Waals surface area contributed by atoms with Crippen LogP contribution in [0.5, 0.6) is 0 Å². The van der Waals surface area contributed by atoms with Crippen molar-refractivity contribution in [1.82, 2.24) is 9.97 Å². The highest BCUT2D eigenvalue weighted by atomic mass is 28.4. The summed E-state index contributed by atoms with van der Waals surface area (Å²) >= 11 is 0. The van der Waals surface area contributed by atoms with Crippen molar-refractivity contribution in [3.8, 4) is 0 Å². The number of nitrogens with zero attached hydrogens (tertiary/aromatic N) is 3. The van der Waals surface area contributed by atoms with Gasteiger partial charge in [0.05, 0.1) is 16.5 Å². The molecule has 1 unspecified atom stereocenters. The lowest BCUT2D eigenvalue weighted by molar-refractivity contribution is -0.385. The van der Waals surface area contributed by atoms with Crippen LogP contribution in [0.3, 0.4) is 0 Å². The second-order valence-electron chi connectivity index (χ2n) is 12.1. The van der Waals surface area contributed by atoms with Crippen molar-refractivity contribution < 1.29 is 9.35 Å². The van der Waals surface area contributed by atoms with Gasteiger partial charge < -0.3 is 9.74 Å². The van der Waals surface area contributed by atoms with Crippen molar-refractivity contribution in [2.75, 3.05) is 5.32 Å². The SMILES string of the molecule is Cc1cc([C@@H](C)Nc2nc(C)nc3ccc(C4=CCC(O[Si](C)(C)C(C)(C)C)CC4)cc23)cc([N+](=O)[O-])c1. The molecule has 0 spiro atoms. The number of hydrogen-bond donors (Lipinski definition) is 1. The van der Waals surface area contributed by atoms with Crippen molar-refractivity contribution in [2.24, 2.45) is 0 Å². The first-order chi connectivity index (χ1) is 17.7. The van der Waals surface area contributed by atoms with Gasteiger partial charge in [0, 0.05) is 23.6 Å². The standard InChI is InChI=1S/C30H40N4O3Si/c1-19-15-24(17-25(16-19)34(35)36)20(2)31-29-27-18-23(11-14-28(27)32-21(3)33-29)22-9-12-26(13-10-22)37-38(7,8)30(4,5)6/h9,11,14-18,20,26H,10,12-13H2,1-8H3,(H,31,32,33)/t20-,26?/m1/s1. The minimum atomic E-state index is -1.79. The van der Waals surface area contributed by atoms with Gasteiger partial charge >= 0.3 is 0 Å². The van der Waals surface area contributed by atoms with Gasteiger partial charge in [-0.3, -0.25) is 10.1 Å². The Kier molecular flexibility index (Phi) is 7.77. The van der Waals surface area contributed by atoms with Gasteiger partial charge in [-0.2, -0.15) is 0 Å². The second kappa shape index (κ2) is 10.6. The van der Waals surface area contributed by atoms with Gasteiger partial charge in [-0.05, 0) is 92.6 Å². The second-order valence-corrected chi connectivity index (χ2v) is 16.8. The third kappa shape index (κ3) is 6.13. The van der Waals surface area contributed by atoms with E-state index in [2.05, 4.69) is 68.4 Å². The molecule has 0 saturated heterocycles. The minimum absolute atomic E-state index is 0.0970. The van der Waals surface area contributed by atoms with E-state index in [-0.39, 0.29) is 27.8 Å². The van der Waals surface area contributed by atoms with E-state index in [0.717, 1.165) is 47.1 Å². The van der Waals surface area contributed by atoms with Crippen molar-refractivity contribution in [2.45, 2.75) is 91.1 Å². The van der Waals surface area contributed by atoms with Crippen LogP contribution in [0.15, 0.2) is 42.5 Å². The van der Waals surface area contributed by atoms with Crippen LogP contribution in [0.4, 0.5) is 11.5 Å². The summed E-state index contributed by atoms with van der Waals surface area (Å²) in [5.41, 5.74) is 5.18. The molecule has 1 heterocycles. The van der Waals surface area contributed by atoms with Gasteiger partial charge in [0.15, 0.2) is 8.32 Å². The van der Waals surface area contributed by atoms with Gasteiger partial charge in [-0.25, -0.2) is 9.97 Å². The molecule has 1 aromatic heterocycles. The Morgan fingerprint density at radius 2 is 1.87 bits per heavy atom. The molecule has 1 aliphatic rings. The van der Waals surface area contributed by atoms with E-state index in [4.69, 9.17) is 9.41 Å². The lowest BCUT2D eigenvalue weighted by Crippen LogP contribution is -2.44. The molecule has 1 aliphatic carbocycles. The number of fused-ring (bicyclic) bond motifs is 1. The largest absolute Gasteiger partial charge is 0.414 e. The average Bonchev–Trinajstić information content (AvgIpc) is 2.83. The molecule has 7 nitrogen and oxygen atoms in total. The molecule has 2 aromatic carbocycles. The van der Waals surface area contributed by atoms with Crippen molar-refractivity contribution >= 4 is 36.3 Å². The summed E-state index contributed by atoms with van der Waals surface area (Å²) in [4.78, 5) is 20.4. The maximum absolute atomic E-state index is 11.4. The number of aromatic nitrogens is 2. The van der Waals surface area contributed by atoms with Gasteiger partial charge in [0.2, 0.25) is 0 Å². The Morgan fingerprint density at radius 1 is 1.13 bits per heavy atom. The van der Waals surface area contributed by atoms with Crippen LogP contribution in [0.1, 0.15) is 75.5 Å². The van der Waals surface area contributed by atoms with Crippen LogP contribution >= 0.6 is 0 Å². The zero-order valence-corrected chi connectivity index (χ0v) is 24.9. The summed E-state index contributed by atoms with van der Waals surface area (Å²) in [7, 11) is -1.79. The van der Waals surface area contributed by atoms with Crippen LogP contribution in [-0.2, 0) is 4.43 Å². The normalized spacial score (nSPS) is 17.3. The zero-order valence-electron chi connectivity index (χ0n) is 23.9. The average molecular weight is 533 g/mol. The first-order valence-electron chi connectivity index (χ1n) is 13.4. The van der Waals surface area contributed by atoms with E-state index in [1.54, 1.807) is 12.1 Å². The Morgan fingerprint density at radius 3 is 2.50 bits per heavy atom. The van der Waals surface area contributed by atoms with Gasteiger partial charge in [-0.15, -0.1) is 0 Å². The quantitative estimate of drug-likeness (QED) is 0.187. The van der Waals surface area contributed by atoms with Crippen molar-refractivity contribution in [3.05, 3.63) is 75.1 Å². The number of hydrogen-bond acceptors (Lipinski definition) is 6. The molecule has 3 aromatic rings. The highest BCUT2D eigenvalue weighted by molar-refractivity contribution is 6.74. The molecule has 0 aliphatic heterocycles. The molecule has 0 bridgehead atoms. The molecule has 38 heavy (non-hydrogen) atoms. The molecule has 4 rings (SSSR count). The van der Waals surface area contributed by atoms with Crippen LogP contribution in [-0.4, -0.2) is 29.3 Å². The number of benzene rings is 2. The fraction of sp³-hybridized carbons (Fsp3) is 0.467. The molecule has 202 valence electrons. The van der Waals surface area contributed by atoms with E-state index in [0.29, 0.717) is 5.82 Å². The lowest BCUT2D eigenvalue weighted by Gasteiger charge is -2.40. The van der Waals surface area contributed by atoms with Crippen molar-refractivity contribution in [3.63, 3.8) is 0 Å². The molecule has 0 radical (unpaired) electrons. The molecule has 0 amide bonds. The minimum Gasteiger partial charge on any atom is -0.414 e. The third-order valence-electron chi connectivity index (χ3n) is 7.96. The van der Waals surface area contributed by atoms with E-state index < -0.39 is 8.32 Å². The van der Waals surface area contributed by atoms with Gasteiger partial charge in [0.1, 0.15) is 11.6 Å². The van der Waals surface area contributed by atoms with Crippen LogP contribution in [0.2, 0.25) is 18.1 Å². The number of allylic oxidation sites excluding steroid dienone is 1. The maximum Gasteiger partial charge on any atom is 0.270 e. The van der Waals surface area contributed by atoms with E-state index in [9.17, 15) is 10.1 Å². The predicted molar refractivity (Wildman–Crippen MR) is 158 cm³/mol. The first-order valence-corrected chi connectivity index (χ1v) is 16.3. The summed E-state index contributed by atoms with van der Waals surface area (Å²) in [5.74, 6) is 1.42. The van der Waals surface area contributed by atoms with Crippen LogP contribution < -0.4 is 5.32 Å². The van der Waals surface area contributed by atoms with Crippen molar-refractivity contribution in [1.29, 1.82) is 0 Å². The van der Waals surface area contributed by atoms with E-state index in [1.807, 2.05) is 26.8 Å². The number of non-ortho nitro benzene ring substituents is 1. The number of nitro benzene ring substituents is 1.